The zero-order valence-corrected chi connectivity index (χ0v) is 15.7. The first-order valence-electron chi connectivity index (χ1n) is 8.95. The summed E-state index contributed by atoms with van der Waals surface area (Å²) in [6.45, 7) is 0. The molecule has 0 spiro atoms. The van der Waals surface area contributed by atoms with Crippen molar-refractivity contribution in [3.8, 4) is 17.1 Å². The lowest BCUT2D eigenvalue weighted by Crippen LogP contribution is -2.52. The molecule has 0 unspecified atom stereocenters. The molecule has 0 atom stereocenters. The maximum atomic E-state index is 13.2. The molecule has 3 aromatic carbocycles. The highest BCUT2D eigenvalue weighted by atomic mass is 16.2. The average molecular weight is 402 g/mol. The van der Waals surface area contributed by atoms with Crippen molar-refractivity contribution in [1.29, 1.82) is 0 Å². The minimum absolute atomic E-state index is 0.271. The molecule has 0 aliphatic heterocycles. The third-order valence-electron chi connectivity index (χ3n) is 4.60. The highest BCUT2D eigenvalue weighted by Crippen LogP contribution is 2.11. The molecule has 9 heteroatoms. The minimum Gasteiger partial charge on any atom is -0.399 e. The molecule has 4 rings (SSSR count). The first-order valence-corrected chi connectivity index (χ1v) is 8.95. The Balaban J connectivity index is 2.13. The molecule has 0 radical (unpaired) electrons. The lowest BCUT2D eigenvalue weighted by molar-refractivity contribution is 0.660. The molecule has 9 nitrogen and oxygen atoms in total. The highest BCUT2D eigenvalue weighted by molar-refractivity contribution is 5.48. The molecule has 1 heterocycles. The van der Waals surface area contributed by atoms with Gasteiger partial charge < -0.3 is 17.2 Å². The topological polar surface area (TPSA) is 144 Å². The molecule has 0 saturated carbocycles. The summed E-state index contributed by atoms with van der Waals surface area (Å²) in [6, 6.07) is 18.6. The van der Waals surface area contributed by atoms with E-state index in [4.69, 9.17) is 17.2 Å². The van der Waals surface area contributed by atoms with Crippen molar-refractivity contribution in [3.05, 3.63) is 104 Å². The van der Waals surface area contributed by atoms with Crippen molar-refractivity contribution in [1.82, 2.24) is 13.7 Å². The van der Waals surface area contributed by atoms with Gasteiger partial charge in [-0.3, -0.25) is 0 Å². The predicted molar refractivity (Wildman–Crippen MR) is 116 cm³/mol. The SMILES string of the molecule is Nc1ccc(-n2c(=O)n(-c3ccc(N)cc3)c(=O)n(-c3ccc(N)cc3)c2=O)cc1. The van der Waals surface area contributed by atoms with E-state index < -0.39 is 17.1 Å². The van der Waals surface area contributed by atoms with Gasteiger partial charge in [0, 0.05) is 17.1 Å². The molecule has 4 aromatic rings. The first kappa shape index (κ1) is 18.8. The van der Waals surface area contributed by atoms with Gasteiger partial charge in [0.25, 0.3) is 0 Å². The number of nitrogens with two attached hydrogens (primary N) is 3. The summed E-state index contributed by atoms with van der Waals surface area (Å²) in [7, 11) is 0. The van der Waals surface area contributed by atoms with Crippen molar-refractivity contribution in [2.24, 2.45) is 0 Å². The van der Waals surface area contributed by atoms with E-state index in [1.807, 2.05) is 0 Å². The Hall–Kier alpha value is -4.53. The zero-order valence-electron chi connectivity index (χ0n) is 15.7. The average Bonchev–Trinajstić information content (AvgIpc) is 2.72. The summed E-state index contributed by atoms with van der Waals surface area (Å²) in [5.74, 6) is 0. The molecular formula is C21H18N6O3. The second-order valence-electron chi connectivity index (χ2n) is 6.63. The fraction of sp³-hybridized carbons (Fsp3) is 0. The summed E-state index contributed by atoms with van der Waals surface area (Å²) < 4.78 is 2.73. The predicted octanol–water partition coefficient (Wildman–Crippen LogP) is 0.886. The second-order valence-corrected chi connectivity index (χ2v) is 6.63. The van der Waals surface area contributed by atoms with Crippen LogP contribution < -0.4 is 34.3 Å². The van der Waals surface area contributed by atoms with Gasteiger partial charge in [-0.15, -0.1) is 0 Å². The van der Waals surface area contributed by atoms with E-state index >= 15 is 0 Å². The van der Waals surface area contributed by atoms with Crippen LogP contribution in [-0.4, -0.2) is 13.7 Å². The summed E-state index contributed by atoms with van der Waals surface area (Å²) >= 11 is 0. The van der Waals surface area contributed by atoms with Gasteiger partial charge in [-0.2, -0.15) is 0 Å². The Morgan fingerprint density at radius 3 is 0.800 bits per heavy atom. The number of nitrogens with zero attached hydrogens (tertiary/aromatic N) is 3. The Labute approximate surface area is 169 Å². The van der Waals surface area contributed by atoms with Crippen LogP contribution >= 0.6 is 0 Å². The fourth-order valence-corrected chi connectivity index (χ4v) is 3.08. The van der Waals surface area contributed by atoms with Crippen molar-refractivity contribution >= 4 is 17.1 Å². The van der Waals surface area contributed by atoms with Crippen LogP contribution in [0.5, 0.6) is 0 Å². The molecule has 1 aromatic heterocycles. The number of hydrogen-bond acceptors (Lipinski definition) is 6. The maximum absolute atomic E-state index is 13.2. The Morgan fingerprint density at radius 1 is 0.400 bits per heavy atom. The van der Waals surface area contributed by atoms with Crippen molar-refractivity contribution in [2.75, 3.05) is 17.2 Å². The van der Waals surface area contributed by atoms with Crippen molar-refractivity contribution in [2.45, 2.75) is 0 Å². The molecule has 30 heavy (non-hydrogen) atoms. The van der Waals surface area contributed by atoms with Crippen LogP contribution in [0, 0.1) is 0 Å². The normalized spacial score (nSPS) is 10.8. The standard InChI is InChI=1S/C21H18N6O3/c22-13-1-7-16(8-2-13)25-19(28)26(17-9-3-14(23)4-10-17)21(30)27(20(25)29)18-11-5-15(24)6-12-18/h1-12H,22-24H2. The van der Waals surface area contributed by atoms with E-state index in [1.54, 1.807) is 36.4 Å². The van der Waals surface area contributed by atoms with Crippen LogP contribution in [-0.2, 0) is 0 Å². The molecule has 0 saturated heterocycles. The van der Waals surface area contributed by atoms with Crippen LogP contribution in [0.15, 0.2) is 87.2 Å². The number of nitrogen functional groups attached to an aromatic ring is 3. The summed E-state index contributed by atoms with van der Waals surface area (Å²) in [5.41, 5.74) is 17.0. The van der Waals surface area contributed by atoms with Gasteiger partial charge in [-0.25, -0.2) is 28.1 Å². The Morgan fingerprint density at radius 2 is 0.600 bits per heavy atom. The quantitative estimate of drug-likeness (QED) is 0.434. The van der Waals surface area contributed by atoms with Gasteiger partial charge in [0.15, 0.2) is 0 Å². The van der Waals surface area contributed by atoms with Crippen molar-refractivity contribution < 1.29 is 0 Å². The van der Waals surface area contributed by atoms with Gasteiger partial charge in [0.05, 0.1) is 17.1 Å². The van der Waals surface area contributed by atoms with Crippen LogP contribution in [0.25, 0.3) is 17.1 Å². The monoisotopic (exact) mass is 402 g/mol. The zero-order chi connectivity index (χ0) is 21.4. The number of aromatic nitrogens is 3. The van der Waals surface area contributed by atoms with Gasteiger partial charge in [-0.1, -0.05) is 0 Å². The maximum Gasteiger partial charge on any atom is 0.345 e. The van der Waals surface area contributed by atoms with Crippen LogP contribution in [0.3, 0.4) is 0 Å². The highest BCUT2D eigenvalue weighted by Gasteiger charge is 2.19. The first-order chi connectivity index (χ1) is 14.4. The van der Waals surface area contributed by atoms with Crippen LogP contribution in [0.2, 0.25) is 0 Å². The van der Waals surface area contributed by atoms with Crippen molar-refractivity contribution in [3.63, 3.8) is 0 Å². The van der Waals surface area contributed by atoms with Gasteiger partial charge in [0.1, 0.15) is 0 Å². The smallest absolute Gasteiger partial charge is 0.345 e. The molecule has 6 N–H and O–H groups in total. The second kappa shape index (κ2) is 7.13. The number of hydrogen-bond donors (Lipinski definition) is 3. The fourth-order valence-electron chi connectivity index (χ4n) is 3.08. The molecule has 0 aliphatic rings. The van der Waals surface area contributed by atoms with Gasteiger partial charge in [0.2, 0.25) is 0 Å². The van der Waals surface area contributed by atoms with E-state index in [2.05, 4.69) is 0 Å². The third-order valence-corrected chi connectivity index (χ3v) is 4.60. The molecule has 0 amide bonds. The van der Waals surface area contributed by atoms with E-state index in [-0.39, 0.29) is 17.1 Å². The lowest BCUT2D eigenvalue weighted by atomic mass is 10.2. The van der Waals surface area contributed by atoms with Crippen LogP contribution in [0.1, 0.15) is 0 Å². The number of rotatable bonds is 3. The molecule has 0 bridgehead atoms. The summed E-state index contributed by atoms with van der Waals surface area (Å²) in [6.07, 6.45) is 0. The van der Waals surface area contributed by atoms with E-state index in [1.165, 1.54) is 36.4 Å². The van der Waals surface area contributed by atoms with Crippen LogP contribution in [0.4, 0.5) is 17.1 Å². The number of benzene rings is 3. The van der Waals surface area contributed by atoms with E-state index in [0.717, 1.165) is 13.7 Å². The molecular weight excluding hydrogens is 384 g/mol. The Bertz CT molecular complexity index is 1190. The van der Waals surface area contributed by atoms with E-state index in [0.29, 0.717) is 17.1 Å². The largest absolute Gasteiger partial charge is 0.399 e. The number of anilines is 3. The third kappa shape index (κ3) is 3.14. The van der Waals surface area contributed by atoms with Gasteiger partial charge >= 0.3 is 17.1 Å². The van der Waals surface area contributed by atoms with Gasteiger partial charge in [-0.05, 0) is 72.8 Å². The summed E-state index contributed by atoms with van der Waals surface area (Å²) in [4.78, 5) is 39.7. The molecule has 0 fully saturated rings. The minimum atomic E-state index is -0.814. The summed E-state index contributed by atoms with van der Waals surface area (Å²) in [5, 5.41) is 0. The Kier molecular flexibility index (Phi) is 4.47. The van der Waals surface area contributed by atoms with E-state index in [9.17, 15) is 14.4 Å². The molecule has 150 valence electrons. The lowest BCUT2D eigenvalue weighted by Gasteiger charge is -2.14. The molecule has 0 aliphatic carbocycles.